The molecule has 0 bridgehead atoms. The highest BCUT2D eigenvalue weighted by Crippen LogP contribution is 2.45. The Kier molecular flexibility index (Phi) is 4.09. The van der Waals surface area contributed by atoms with Crippen molar-refractivity contribution in [3.63, 3.8) is 0 Å². The van der Waals surface area contributed by atoms with E-state index in [0.717, 1.165) is 44.3 Å². The molecular weight excluding hydrogens is 336 g/mol. The van der Waals surface area contributed by atoms with Gasteiger partial charge in [-0.05, 0) is 57.6 Å². The second-order valence-corrected chi connectivity index (χ2v) is 7.81. The predicted octanol–water partition coefficient (Wildman–Crippen LogP) is 4.06. The standard InChI is InChI=1S/C20H23F2N3O/c1-20(2,19(26)24-10-3-4-11-24)25-12-14(13-8-9-13)18(23-25)17-15(21)6-5-7-16(17)22/h5-7,12-13H,3-4,8-11H2,1-2H3. The van der Waals surface area contributed by atoms with Crippen LogP contribution in [-0.2, 0) is 10.3 Å². The smallest absolute Gasteiger partial charge is 0.249 e. The zero-order valence-electron chi connectivity index (χ0n) is 15.1. The first-order valence-corrected chi connectivity index (χ1v) is 9.23. The number of hydrogen-bond acceptors (Lipinski definition) is 2. The molecule has 1 saturated heterocycles. The molecule has 4 rings (SSSR count). The zero-order chi connectivity index (χ0) is 18.5. The van der Waals surface area contributed by atoms with Gasteiger partial charge in [-0.15, -0.1) is 0 Å². The van der Waals surface area contributed by atoms with Crippen molar-refractivity contribution in [2.24, 2.45) is 0 Å². The van der Waals surface area contributed by atoms with Gasteiger partial charge in [-0.3, -0.25) is 9.48 Å². The average Bonchev–Trinajstić information content (AvgIpc) is 3.12. The number of aromatic nitrogens is 2. The molecule has 0 radical (unpaired) electrons. The maximum Gasteiger partial charge on any atom is 0.249 e. The molecule has 1 amide bonds. The summed E-state index contributed by atoms with van der Waals surface area (Å²) in [7, 11) is 0. The Hall–Kier alpha value is -2.24. The molecule has 1 aliphatic heterocycles. The van der Waals surface area contributed by atoms with Crippen LogP contribution in [0.25, 0.3) is 11.3 Å². The quantitative estimate of drug-likeness (QED) is 0.826. The second kappa shape index (κ2) is 6.18. The molecule has 1 saturated carbocycles. The lowest BCUT2D eigenvalue weighted by atomic mass is 10.0. The molecule has 0 unspecified atom stereocenters. The van der Waals surface area contributed by atoms with Crippen LogP contribution in [0.2, 0.25) is 0 Å². The lowest BCUT2D eigenvalue weighted by molar-refractivity contribution is -0.138. The van der Waals surface area contributed by atoms with Gasteiger partial charge in [-0.25, -0.2) is 8.78 Å². The van der Waals surface area contributed by atoms with Crippen molar-refractivity contribution >= 4 is 5.91 Å². The molecule has 138 valence electrons. The fourth-order valence-electron chi connectivity index (χ4n) is 3.69. The van der Waals surface area contributed by atoms with E-state index in [1.165, 1.54) is 18.2 Å². The molecular formula is C20H23F2N3O. The number of halogens is 2. The third kappa shape index (κ3) is 2.81. The Morgan fingerprint density at radius 2 is 1.77 bits per heavy atom. The van der Waals surface area contributed by atoms with E-state index in [9.17, 15) is 13.6 Å². The molecule has 0 atom stereocenters. The highest BCUT2D eigenvalue weighted by atomic mass is 19.1. The van der Waals surface area contributed by atoms with Gasteiger partial charge >= 0.3 is 0 Å². The van der Waals surface area contributed by atoms with Crippen LogP contribution < -0.4 is 0 Å². The van der Waals surface area contributed by atoms with Crippen molar-refractivity contribution in [1.29, 1.82) is 0 Å². The van der Waals surface area contributed by atoms with E-state index in [2.05, 4.69) is 5.10 Å². The first-order valence-electron chi connectivity index (χ1n) is 9.23. The third-order valence-corrected chi connectivity index (χ3v) is 5.45. The van der Waals surface area contributed by atoms with Crippen LogP contribution in [0.1, 0.15) is 51.0 Å². The summed E-state index contributed by atoms with van der Waals surface area (Å²) in [6.45, 7) is 5.15. The minimum Gasteiger partial charge on any atom is -0.341 e. The Bertz CT molecular complexity index is 828. The Morgan fingerprint density at radius 1 is 1.15 bits per heavy atom. The van der Waals surface area contributed by atoms with Gasteiger partial charge in [-0.2, -0.15) is 5.10 Å². The molecule has 26 heavy (non-hydrogen) atoms. The predicted molar refractivity (Wildman–Crippen MR) is 94.7 cm³/mol. The van der Waals surface area contributed by atoms with Gasteiger partial charge in [-0.1, -0.05) is 6.07 Å². The maximum atomic E-state index is 14.3. The van der Waals surface area contributed by atoms with E-state index in [-0.39, 0.29) is 17.4 Å². The van der Waals surface area contributed by atoms with Crippen LogP contribution in [0.3, 0.4) is 0 Å². The van der Waals surface area contributed by atoms with Crippen molar-refractivity contribution < 1.29 is 13.6 Å². The summed E-state index contributed by atoms with van der Waals surface area (Å²) in [5.41, 5.74) is 0.160. The van der Waals surface area contributed by atoms with E-state index in [4.69, 9.17) is 0 Å². The van der Waals surface area contributed by atoms with Crippen LogP contribution in [0.4, 0.5) is 8.78 Å². The van der Waals surface area contributed by atoms with E-state index in [1.807, 2.05) is 24.9 Å². The lowest BCUT2D eigenvalue weighted by Gasteiger charge is -2.29. The summed E-state index contributed by atoms with van der Waals surface area (Å²) in [4.78, 5) is 14.8. The number of hydrogen-bond donors (Lipinski definition) is 0. The maximum absolute atomic E-state index is 14.3. The van der Waals surface area contributed by atoms with E-state index in [1.54, 1.807) is 4.68 Å². The summed E-state index contributed by atoms with van der Waals surface area (Å²) in [6, 6.07) is 3.84. The highest BCUT2D eigenvalue weighted by molar-refractivity contribution is 5.84. The SMILES string of the molecule is CC(C)(C(=O)N1CCCC1)n1cc(C2CC2)c(-c2c(F)cccc2F)n1. The van der Waals surface area contributed by atoms with Crippen LogP contribution >= 0.6 is 0 Å². The molecule has 0 spiro atoms. The monoisotopic (exact) mass is 359 g/mol. The first kappa shape index (κ1) is 17.2. The van der Waals surface area contributed by atoms with Crippen molar-refractivity contribution in [2.45, 2.75) is 51.0 Å². The molecule has 4 nitrogen and oxygen atoms in total. The summed E-state index contributed by atoms with van der Waals surface area (Å²) in [5.74, 6) is -0.988. The molecule has 1 aromatic heterocycles. The van der Waals surface area contributed by atoms with Gasteiger partial charge in [0.2, 0.25) is 5.91 Å². The largest absolute Gasteiger partial charge is 0.341 e. The summed E-state index contributed by atoms with van der Waals surface area (Å²) < 4.78 is 30.3. The van der Waals surface area contributed by atoms with Crippen LogP contribution in [-0.4, -0.2) is 33.7 Å². The highest BCUT2D eigenvalue weighted by Gasteiger charge is 2.39. The normalized spacial score (nSPS) is 17.8. The molecule has 6 heteroatoms. The number of carbonyl (C=O) groups excluding carboxylic acids is 1. The minimum atomic E-state index is -0.895. The number of nitrogens with zero attached hydrogens (tertiary/aromatic N) is 3. The number of likely N-dealkylation sites (tertiary alicyclic amines) is 1. The van der Waals surface area contributed by atoms with Crippen molar-refractivity contribution in [1.82, 2.24) is 14.7 Å². The second-order valence-electron chi connectivity index (χ2n) is 7.81. The average molecular weight is 359 g/mol. The van der Waals surface area contributed by atoms with Gasteiger partial charge < -0.3 is 4.90 Å². The molecule has 2 aliphatic rings. The van der Waals surface area contributed by atoms with E-state index < -0.39 is 17.2 Å². The molecule has 0 N–H and O–H groups in total. The number of carbonyl (C=O) groups is 1. The lowest BCUT2D eigenvalue weighted by Crippen LogP contribution is -2.46. The van der Waals surface area contributed by atoms with Crippen molar-refractivity contribution in [2.75, 3.05) is 13.1 Å². The number of rotatable bonds is 4. The summed E-state index contributed by atoms with van der Waals surface area (Å²) in [6.07, 6.45) is 5.80. The van der Waals surface area contributed by atoms with Crippen LogP contribution in [0.15, 0.2) is 24.4 Å². The minimum absolute atomic E-state index is 0.000373. The fraction of sp³-hybridized carbons (Fsp3) is 0.500. The number of benzene rings is 1. The topological polar surface area (TPSA) is 38.1 Å². The molecule has 2 aromatic rings. The van der Waals surface area contributed by atoms with Gasteiger partial charge in [0.15, 0.2) is 0 Å². The third-order valence-electron chi connectivity index (χ3n) is 5.45. The van der Waals surface area contributed by atoms with Crippen LogP contribution in [0, 0.1) is 11.6 Å². The summed E-state index contributed by atoms with van der Waals surface area (Å²) >= 11 is 0. The molecule has 2 heterocycles. The number of amides is 1. The molecule has 2 fully saturated rings. The summed E-state index contributed by atoms with van der Waals surface area (Å²) in [5, 5.41) is 4.52. The van der Waals surface area contributed by atoms with Crippen molar-refractivity contribution in [3.8, 4) is 11.3 Å². The van der Waals surface area contributed by atoms with Gasteiger partial charge in [0.1, 0.15) is 22.9 Å². The van der Waals surface area contributed by atoms with Gasteiger partial charge in [0, 0.05) is 24.8 Å². The van der Waals surface area contributed by atoms with E-state index in [0.29, 0.717) is 5.69 Å². The van der Waals surface area contributed by atoms with Gasteiger partial charge in [0.05, 0.1) is 5.56 Å². The Balaban J connectivity index is 1.78. The Morgan fingerprint density at radius 3 is 2.35 bits per heavy atom. The molecule has 1 aliphatic carbocycles. The zero-order valence-corrected chi connectivity index (χ0v) is 15.1. The molecule has 1 aromatic carbocycles. The van der Waals surface area contributed by atoms with Crippen LogP contribution in [0.5, 0.6) is 0 Å². The van der Waals surface area contributed by atoms with Crippen molar-refractivity contribution in [3.05, 3.63) is 41.6 Å². The fourth-order valence-corrected chi connectivity index (χ4v) is 3.69. The Labute approximate surface area is 151 Å². The first-order chi connectivity index (χ1) is 12.4. The van der Waals surface area contributed by atoms with E-state index >= 15 is 0 Å². The van der Waals surface area contributed by atoms with Gasteiger partial charge in [0.25, 0.3) is 0 Å².